The van der Waals surface area contributed by atoms with Gasteiger partial charge in [0.15, 0.2) is 0 Å². The highest BCUT2D eigenvalue weighted by atomic mass is 127. The van der Waals surface area contributed by atoms with Crippen molar-refractivity contribution in [2.45, 2.75) is 19.3 Å². The summed E-state index contributed by atoms with van der Waals surface area (Å²) >= 11 is 3.55. The van der Waals surface area contributed by atoms with E-state index in [1.54, 1.807) is 7.11 Å². The Morgan fingerprint density at radius 1 is 0.872 bits per heavy atom. The normalized spacial score (nSPS) is 10.6. The molecule has 0 atom stereocenters. The van der Waals surface area contributed by atoms with Gasteiger partial charge < -0.3 is 33.6 Å². The fourth-order valence-corrected chi connectivity index (χ4v) is 4.66. The number of nitriles is 1. The lowest BCUT2D eigenvalue weighted by Crippen LogP contribution is -3.00. The van der Waals surface area contributed by atoms with Crippen LogP contribution in [0.5, 0.6) is 5.75 Å². The van der Waals surface area contributed by atoms with Crippen molar-refractivity contribution in [1.29, 1.82) is 5.26 Å². The number of methoxy groups -OCH3 is 1. The third-order valence-corrected chi connectivity index (χ3v) is 7.25. The van der Waals surface area contributed by atoms with Crippen LogP contribution in [0.15, 0.2) is 89.4 Å². The van der Waals surface area contributed by atoms with Gasteiger partial charge in [-0.15, -0.1) is 0 Å². The monoisotopic (exact) mass is 693 g/mol. The molecule has 0 aliphatic rings. The Morgan fingerprint density at radius 3 is 2.18 bits per heavy atom. The molecule has 0 radical (unpaired) electrons. The number of aromatic nitrogens is 1. The molecule has 0 spiro atoms. The average Bonchev–Trinajstić information content (AvgIpc) is 2.95. The molecule has 200 valence electrons. The third-order valence-electron chi connectivity index (χ3n) is 6.72. The summed E-state index contributed by atoms with van der Waals surface area (Å²) in [6.45, 7) is 0.948. The van der Waals surface area contributed by atoms with Gasteiger partial charge in [0, 0.05) is 53.9 Å². The van der Waals surface area contributed by atoms with Crippen molar-refractivity contribution in [2.75, 3.05) is 25.6 Å². The van der Waals surface area contributed by atoms with Crippen LogP contribution in [0.1, 0.15) is 30.5 Å². The van der Waals surface area contributed by atoms with Crippen molar-refractivity contribution in [3.8, 4) is 34.2 Å². The first-order valence-corrected chi connectivity index (χ1v) is 13.6. The number of anilines is 1. The van der Waals surface area contributed by atoms with Crippen molar-refractivity contribution in [3.05, 3.63) is 101 Å². The summed E-state index contributed by atoms with van der Waals surface area (Å²) in [5.41, 5.74) is 8.02. The van der Waals surface area contributed by atoms with Gasteiger partial charge in [0.1, 0.15) is 12.8 Å². The second-order valence-corrected chi connectivity index (χ2v) is 10.2. The molecule has 3 aromatic carbocycles. The Morgan fingerprint density at radius 2 is 1.54 bits per heavy atom. The highest BCUT2D eigenvalue weighted by molar-refractivity contribution is 9.10. The van der Waals surface area contributed by atoms with Gasteiger partial charge in [-0.3, -0.25) is 0 Å². The molecule has 1 heterocycles. The summed E-state index contributed by atoms with van der Waals surface area (Å²) < 4.78 is 8.65. The number of benzene rings is 3. The SMILES string of the molecule is COc1ccc(-c2cc(C=Cc3ccc(N(C)CCCCC#N)cc3)[n+](C)c(-c3ccc(Br)cc3)c2)cc1.[I-]. The summed E-state index contributed by atoms with van der Waals surface area (Å²) in [5.74, 6) is 0.847. The van der Waals surface area contributed by atoms with Gasteiger partial charge in [-0.25, -0.2) is 0 Å². The smallest absolute Gasteiger partial charge is 0.213 e. The van der Waals surface area contributed by atoms with E-state index in [0.717, 1.165) is 63.3 Å². The summed E-state index contributed by atoms with van der Waals surface area (Å²) in [6.07, 6.45) is 6.92. The van der Waals surface area contributed by atoms with Gasteiger partial charge in [0.2, 0.25) is 11.4 Å². The average molecular weight is 694 g/mol. The fraction of sp³-hybridized carbons (Fsp3) is 0.212. The van der Waals surface area contributed by atoms with Gasteiger partial charge in [0.25, 0.3) is 0 Å². The molecular weight excluding hydrogens is 661 g/mol. The second kappa shape index (κ2) is 14.9. The molecule has 39 heavy (non-hydrogen) atoms. The highest BCUT2D eigenvalue weighted by Crippen LogP contribution is 2.28. The molecule has 4 rings (SSSR count). The Balaban J connectivity index is 0.00000420. The molecule has 4 aromatic rings. The lowest BCUT2D eigenvalue weighted by molar-refractivity contribution is -0.662. The minimum Gasteiger partial charge on any atom is -1.00 e. The molecule has 0 fully saturated rings. The Labute approximate surface area is 257 Å². The molecule has 0 amide bonds. The maximum absolute atomic E-state index is 8.73. The van der Waals surface area contributed by atoms with E-state index in [0.29, 0.717) is 6.42 Å². The van der Waals surface area contributed by atoms with Crippen LogP contribution in [0.4, 0.5) is 5.69 Å². The Kier molecular flexibility index (Phi) is 11.6. The van der Waals surface area contributed by atoms with Gasteiger partial charge in [-0.1, -0.05) is 40.2 Å². The van der Waals surface area contributed by atoms with Gasteiger partial charge in [0.05, 0.1) is 13.2 Å². The first-order valence-electron chi connectivity index (χ1n) is 12.8. The number of rotatable bonds is 10. The zero-order valence-electron chi connectivity index (χ0n) is 22.6. The van der Waals surface area contributed by atoms with E-state index in [9.17, 15) is 0 Å². The summed E-state index contributed by atoms with van der Waals surface area (Å²) in [7, 11) is 5.90. The van der Waals surface area contributed by atoms with Gasteiger partial charge in [-0.2, -0.15) is 9.83 Å². The van der Waals surface area contributed by atoms with E-state index in [1.807, 2.05) is 12.1 Å². The van der Waals surface area contributed by atoms with Crippen LogP contribution in [0.3, 0.4) is 0 Å². The van der Waals surface area contributed by atoms with Crippen LogP contribution in [0.25, 0.3) is 34.5 Å². The quantitative estimate of drug-likeness (QED) is 0.135. The van der Waals surface area contributed by atoms with Crippen LogP contribution >= 0.6 is 15.9 Å². The first kappa shape index (κ1) is 30.4. The Hall–Kier alpha value is -3.15. The fourth-order valence-electron chi connectivity index (χ4n) is 4.39. The molecule has 0 saturated carbocycles. The van der Waals surface area contributed by atoms with Crippen molar-refractivity contribution < 1.29 is 33.3 Å². The number of hydrogen-bond donors (Lipinski definition) is 0. The van der Waals surface area contributed by atoms with Crippen LogP contribution in [0.2, 0.25) is 0 Å². The maximum atomic E-state index is 8.73. The molecule has 0 N–H and O–H groups in total. The largest absolute Gasteiger partial charge is 1.00 e. The molecule has 1 aromatic heterocycles. The van der Waals surface area contributed by atoms with Crippen LogP contribution in [0, 0.1) is 11.3 Å². The summed E-state index contributed by atoms with van der Waals surface area (Å²) in [5, 5.41) is 8.73. The highest BCUT2D eigenvalue weighted by Gasteiger charge is 2.17. The summed E-state index contributed by atoms with van der Waals surface area (Å²) in [4.78, 5) is 2.24. The molecule has 0 aliphatic heterocycles. The molecule has 0 saturated heterocycles. The zero-order chi connectivity index (χ0) is 26.9. The number of pyridine rings is 1. The van der Waals surface area contributed by atoms with E-state index in [2.05, 4.69) is 131 Å². The third kappa shape index (κ3) is 8.17. The van der Waals surface area contributed by atoms with Crippen LogP contribution in [-0.4, -0.2) is 20.7 Å². The van der Waals surface area contributed by atoms with E-state index in [-0.39, 0.29) is 24.0 Å². The molecule has 6 heteroatoms. The molecular formula is C33H33BrIN3O. The van der Waals surface area contributed by atoms with E-state index < -0.39 is 0 Å². The van der Waals surface area contributed by atoms with Crippen LogP contribution in [-0.2, 0) is 7.05 Å². The predicted molar refractivity (Wildman–Crippen MR) is 161 cm³/mol. The zero-order valence-corrected chi connectivity index (χ0v) is 26.3. The van der Waals surface area contributed by atoms with E-state index in [1.165, 1.54) is 5.69 Å². The first-order chi connectivity index (χ1) is 18.5. The van der Waals surface area contributed by atoms with Crippen molar-refractivity contribution in [2.24, 2.45) is 7.05 Å². The molecule has 0 bridgehead atoms. The minimum absolute atomic E-state index is 0. The molecule has 0 aliphatic carbocycles. The van der Waals surface area contributed by atoms with Gasteiger partial charge in [-0.05, 0) is 84.1 Å². The minimum atomic E-state index is 0. The van der Waals surface area contributed by atoms with Crippen molar-refractivity contribution in [1.82, 2.24) is 0 Å². The topological polar surface area (TPSA) is 40.1 Å². The van der Waals surface area contributed by atoms with Crippen LogP contribution < -0.4 is 38.2 Å². The number of hydrogen-bond acceptors (Lipinski definition) is 3. The lowest BCUT2D eigenvalue weighted by Gasteiger charge is -2.19. The Bertz CT molecular complexity index is 1430. The maximum Gasteiger partial charge on any atom is 0.213 e. The predicted octanol–water partition coefficient (Wildman–Crippen LogP) is 4.92. The van der Waals surface area contributed by atoms with E-state index >= 15 is 0 Å². The molecule has 0 unspecified atom stereocenters. The second-order valence-electron chi connectivity index (χ2n) is 9.31. The number of ether oxygens (including phenoxy) is 1. The van der Waals surface area contributed by atoms with Gasteiger partial charge >= 0.3 is 0 Å². The van der Waals surface area contributed by atoms with Crippen molar-refractivity contribution >= 4 is 33.8 Å². The number of halogens is 2. The summed E-state index contributed by atoms with van der Waals surface area (Å²) in [6, 6.07) is 31.9. The van der Waals surface area contributed by atoms with E-state index in [4.69, 9.17) is 10.00 Å². The molecule has 4 nitrogen and oxygen atoms in total. The number of nitrogens with zero attached hydrogens (tertiary/aromatic N) is 3. The number of unbranched alkanes of at least 4 members (excludes halogenated alkanes) is 2. The standard InChI is InChI=1S/C33H33BrN3O.HI/c1-36(22-6-4-5-21-35)30-16-7-25(8-17-30)9-18-31-23-28(26-12-19-32(38-3)20-13-26)24-33(37(31)2)27-10-14-29(34)15-11-27;/h7-20,23-24H,4-6,22H2,1-3H3;1H/q+1;/p-1. The van der Waals surface area contributed by atoms with Crippen molar-refractivity contribution in [3.63, 3.8) is 0 Å². The lowest BCUT2D eigenvalue weighted by atomic mass is 10.0.